The Morgan fingerprint density at radius 1 is 1.23 bits per heavy atom. The molecule has 0 fully saturated rings. The number of hydrogen-bond donors (Lipinski definition) is 2. The van der Waals surface area contributed by atoms with Crippen molar-refractivity contribution in [1.29, 1.82) is 0 Å². The van der Waals surface area contributed by atoms with E-state index in [-0.39, 0.29) is 11.0 Å². The molecule has 0 radical (unpaired) electrons. The number of carbonyl (C=O) groups excluding carboxylic acids is 1. The van der Waals surface area contributed by atoms with Gasteiger partial charge < -0.3 is 10.1 Å². The van der Waals surface area contributed by atoms with Crippen molar-refractivity contribution in [3.63, 3.8) is 0 Å². The second kappa shape index (κ2) is 9.69. The van der Waals surface area contributed by atoms with Crippen molar-refractivity contribution in [1.82, 2.24) is 5.32 Å². The lowest BCUT2D eigenvalue weighted by atomic mass is 9.97. The van der Waals surface area contributed by atoms with Gasteiger partial charge in [-0.1, -0.05) is 32.0 Å². The van der Waals surface area contributed by atoms with Crippen LogP contribution in [-0.2, 0) is 0 Å². The van der Waals surface area contributed by atoms with Crippen molar-refractivity contribution in [2.45, 2.75) is 33.1 Å². The lowest BCUT2D eigenvalue weighted by molar-refractivity contribution is 0.0977. The van der Waals surface area contributed by atoms with Crippen LogP contribution in [-0.4, -0.2) is 17.6 Å². The third-order valence-electron chi connectivity index (χ3n) is 4.07. The molecule has 4 nitrogen and oxygen atoms in total. The molecule has 1 atom stereocenters. The lowest BCUT2D eigenvalue weighted by Crippen LogP contribution is -2.34. The van der Waals surface area contributed by atoms with E-state index in [0.29, 0.717) is 23.8 Å². The van der Waals surface area contributed by atoms with E-state index in [9.17, 15) is 4.79 Å². The monoisotopic (exact) mass is 434 g/mol. The zero-order valence-electron chi connectivity index (χ0n) is 15.1. The molecule has 0 saturated heterocycles. The van der Waals surface area contributed by atoms with E-state index in [0.717, 1.165) is 16.6 Å². The summed E-state index contributed by atoms with van der Waals surface area (Å²) >= 11 is 8.73. The largest absolute Gasteiger partial charge is 0.493 e. The van der Waals surface area contributed by atoms with Crippen LogP contribution < -0.4 is 15.4 Å². The molecule has 2 aromatic rings. The molecule has 0 heterocycles. The maximum Gasteiger partial charge on any atom is 0.257 e. The van der Waals surface area contributed by atoms with Crippen molar-refractivity contribution < 1.29 is 9.53 Å². The minimum Gasteiger partial charge on any atom is -0.493 e. The molecule has 2 N–H and O–H groups in total. The van der Waals surface area contributed by atoms with Gasteiger partial charge in [0.25, 0.3) is 5.91 Å². The number of carbonyl (C=O) groups is 1. The quantitative estimate of drug-likeness (QED) is 0.590. The van der Waals surface area contributed by atoms with E-state index in [1.54, 1.807) is 18.2 Å². The van der Waals surface area contributed by atoms with Crippen molar-refractivity contribution in [3.05, 3.63) is 58.1 Å². The van der Waals surface area contributed by atoms with Crippen LogP contribution >= 0.6 is 28.1 Å². The van der Waals surface area contributed by atoms with Crippen molar-refractivity contribution in [2.24, 2.45) is 0 Å². The normalized spacial score (nSPS) is 11.5. The highest BCUT2D eigenvalue weighted by atomic mass is 79.9. The molecule has 1 amide bonds. The third-order valence-corrected chi connectivity index (χ3v) is 4.90. The van der Waals surface area contributed by atoms with E-state index in [4.69, 9.17) is 17.0 Å². The van der Waals surface area contributed by atoms with E-state index in [1.807, 2.05) is 25.1 Å². The first-order valence-electron chi connectivity index (χ1n) is 8.59. The van der Waals surface area contributed by atoms with Gasteiger partial charge in [-0.05, 0) is 77.2 Å². The minimum absolute atomic E-state index is 0.271. The van der Waals surface area contributed by atoms with Crippen LogP contribution in [0.25, 0.3) is 0 Å². The summed E-state index contributed by atoms with van der Waals surface area (Å²) < 4.78 is 6.19. The smallest absolute Gasteiger partial charge is 0.257 e. The Bertz CT molecular complexity index is 795. The fourth-order valence-electron chi connectivity index (χ4n) is 2.50. The van der Waals surface area contributed by atoms with Crippen LogP contribution in [0, 0.1) is 0 Å². The molecule has 2 rings (SSSR count). The fourth-order valence-corrected chi connectivity index (χ4v) is 3.20. The highest BCUT2D eigenvalue weighted by molar-refractivity contribution is 9.10. The summed E-state index contributed by atoms with van der Waals surface area (Å²) in [5, 5.41) is 6.14. The molecule has 0 saturated carbocycles. The summed E-state index contributed by atoms with van der Waals surface area (Å²) in [5.41, 5.74) is 2.59. The summed E-state index contributed by atoms with van der Waals surface area (Å²) in [6.45, 7) is 6.78. The van der Waals surface area contributed by atoms with E-state index in [1.165, 1.54) is 5.56 Å². The standard InChI is InChI=1S/C20H23BrN2O2S/c1-4-13(3)15-8-6-7-9-17(15)22-20(26)23-19(24)14-10-11-18(25-5-2)16(21)12-14/h6-13H,4-5H2,1-3H3,(H2,22,23,24,26). The van der Waals surface area contributed by atoms with Crippen LogP contribution in [0.1, 0.15) is 49.0 Å². The Kier molecular flexibility index (Phi) is 7.60. The Balaban J connectivity index is 2.06. The lowest BCUT2D eigenvalue weighted by Gasteiger charge is -2.17. The van der Waals surface area contributed by atoms with Crippen LogP contribution in [0.3, 0.4) is 0 Å². The summed E-state index contributed by atoms with van der Waals surface area (Å²) in [6, 6.07) is 13.2. The van der Waals surface area contributed by atoms with Gasteiger partial charge in [-0.3, -0.25) is 10.1 Å². The number of halogens is 1. The summed E-state index contributed by atoms with van der Waals surface area (Å²) in [7, 11) is 0. The SMILES string of the molecule is CCOc1ccc(C(=O)NC(=S)Nc2ccccc2C(C)CC)cc1Br. The maximum absolute atomic E-state index is 12.4. The average Bonchev–Trinajstić information content (AvgIpc) is 2.63. The molecule has 0 spiro atoms. The predicted molar refractivity (Wildman–Crippen MR) is 114 cm³/mol. The number of thiocarbonyl (C=S) groups is 1. The fraction of sp³-hybridized carbons (Fsp3) is 0.300. The van der Waals surface area contributed by atoms with Gasteiger partial charge in [0.15, 0.2) is 5.11 Å². The average molecular weight is 435 g/mol. The van der Waals surface area contributed by atoms with Crippen LogP contribution in [0.2, 0.25) is 0 Å². The van der Waals surface area contributed by atoms with E-state index in [2.05, 4.69) is 46.5 Å². The molecule has 0 aliphatic rings. The van der Waals surface area contributed by atoms with Crippen LogP contribution in [0.5, 0.6) is 5.75 Å². The molecule has 0 aliphatic carbocycles. The van der Waals surface area contributed by atoms with Gasteiger partial charge in [0.1, 0.15) is 5.75 Å². The maximum atomic E-state index is 12.4. The third kappa shape index (κ3) is 5.29. The number of benzene rings is 2. The summed E-state index contributed by atoms with van der Waals surface area (Å²) in [6.07, 6.45) is 1.03. The molecular formula is C20H23BrN2O2S. The Morgan fingerprint density at radius 3 is 2.62 bits per heavy atom. The molecule has 6 heteroatoms. The molecule has 0 aromatic heterocycles. The van der Waals surface area contributed by atoms with Gasteiger partial charge in [0.2, 0.25) is 0 Å². The van der Waals surface area contributed by atoms with Crippen molar-refractivity contribution in [2.75, 3.05) is 11.9 Å². The number of ether oxygens (including phenoxy) is 1. The summed E-state index contributed by atoms with van der Waals surface area (Å²) in [4.78, 5) is 12.4. The molecule has 0 bridgehead atoms. The second-order valence-corrected chi connectivity index (χ2v) is 7.15. The number of hydrogen-bond acceptors (Lipinski definition) is 3. The first-order valence-corrected chi connectivity index (χ1v) is 9.80. The molecule has 1 unspecified atom stereocenters. The van der Waals surface area contributed by atoms with Gasteiger partial charge in [0, 0.05) is 11.3 Å². The van der Waals surface area contributed by atoms with Gasteiger partial charge >= 0.3 is 0 Å². The van der Waals surface area contributed by atoms with Crippen LogP contribution in [0.4, 0.5) is 5.69 Å². The van der Waals surface area contributed by atoms with E-state index >= 15 is 0 Å². The number of para-hydroxylation sites is 1. The number of nitrogens with one attached hydrogen (secondary N) is 2. The minimum atomic E-state index is -0.271. The van der Waals surface area contributed by atoms with E-state index < -0.39 is 0 Å². The predicted octanol–water partition coefficient (Wildman–Crippen LogP) is 5.49. The molecule has 26 heavy (non-hydrogen) atoms. The van der Waals surface area contributed by atoms with Gasteiger partial charge in [0.05, 0.1) is 11.1 Å². The van der Waals surface area contributed by atoms with Crippen LogP contribution in [0.15, 0.2) is 46.9 Å². The highest BCUT2D eigenvalue weighted by Crippen LogP contribution is 2.27. The summed E-state index contributed by atoms with van der Waals surface area (Å²) in [5.74, 6) is 0.832. The molecule has 2 aromatic carbocycles. The number of anilines is 1. The second-order valence-electron chi connectivity index (χ2n) is 5.88. The first kappa shape index (κ1) is 20.4. The zero-order valence-corrected chi connectivity index (χ0v) is 17.5. The number of rotatable bonds is 6. The Labute approximate surface area is 168 Å². The van der Waals surface area contributed by atoms with Gasteiger partial charge in [-0.25, -0.2) is 0 Å². The van der Waals surface area contributed by atoms with Gasteiger partial charge in [-0.15, -0.1) is 0 Å². The van der Waals surface area contributed by atoms with Crippen molar-refractivity contribution in [3.8, 4) is 5.75 Å². The topological polar surface area (TPSA) is 50.4 Å². The Morgan fingerprint density at radius 2 is 1.96 bits per heavy atom. The molecular weight excluding hydrogens is 412 g/mol. The number of amides is 1. The Hall–Kier alpha value is -1.92. The first-order chi connectivity index (χ1) is 12.5. The van der Waals surface area contributed by atoms with Gasteiger partial charge in [-0.2, -0.15) is 0 Å². The molecule has 138 valence electrons. The van der Waals surface area contributed by atoms with Crippen molar-refractivity contribution >= 4 is 44.9 Å². The zero-order chi connectivity index (χ0) is 19.1. The molecule has 0 aliphatic heterocycles. The highest BCUT2D eigenvalue weighted by Gasteiger charge is 2.13.